The molecule has 1 saturated carbocycles. The average molecular weight is 283 g/mol. The van der Waals surface area contributed by atoms with E-state index in [1.165, 1.54) is 19.8 Å². The molecule has 0 saturated heterocycles. The summed E-state index contributed by atoms with van der Waals surface area (Å²) in [6.07, 6.45) is 5.98. The van der Waals surface area contributed by atoms with Crippen molar-refractivity contribution >= 4 is 11.8 Å². The average Bonchev–Trinajstić information content (AvgIpc) is 3.17. The number of unbranched alkanes of at least 4 members (excludes halogenated alkanes) is 2. The number of carbonyl (C=O) groups is 2. The quantitative estimate of drug-likeness (QED) is 0.591. The lowest BCUT2D eigenvalue weighted by molar-refractivity contribution is -0.121. The molecule has 1 atom stereocenters. The minimum atomic E-state index is 0.0116. The van der Waals surface area contributed by atoms with Gasteiger partial charge >= 0.3 is 0 Å². The van der Waals surface area contributed by atoms with Crippen molar-refractivity contribution in [2.24, 2.45) is 5.92 Å². The minimum absolute atomic E-state index is 0.0116. The fraction of sp³-hybridized carbons (Fsp3) is 0.867. The van der Waals surface area contributed by atoms with E-state index < -0.39 is 0 Å². The lowest BCUT2D eigenvalue weighted by atomic mass is 10.1. The van der Waals surface area contributed by atoms with Gasteiger partial charge in [-0.15, -0.1) is 0 Å². The maximum atomic E-state index is 11.8. The largest absolute Gasteiger partial charge is 0.356 e. The fourth-order valence-electron chi connectivity index (χ4n) is 2.41. The first-order valence-corrected chi connectivity index (χ1v) is 7.68. The zero-order valence-electron chi connectivity index (χ0n) is 13.1. The van der Waals surface area contributed by atoms with E-state index in [0.717, 1.165) is 31.7 Å². The van der Waals surface area contributed by atoms with Gasteiger partial charge in [0, 0.05) is 32.5 Å². The number of likely N-dealkylation sites (N-methyl/N-ethyl adjacent to an activating group) is 1. The first-order chi connectivity index (χ1) is 9.50. The standard InChI is InChI=1S/C15H29N3O2/c1-12(19)16-10-6-4-5-7-15(20)17-11-14(18(2)3)13-8-9-13/h13-14H,4-11H2,1-3H3,(H,16,19)(H,17,20). The highest BCUT2D eigenvalue weighted by molar-refractivity contribution is 5.75. The van der Waals surface area contributed by atoms with Crippen molar-refractivity contribution in [1.82, 2.24) is 15.5 Å². The smallest absolute Gasteiger partial charge is 0.220 e. The molecule has 2 N–H and O–H groups in total. The summed E-state index contributed by atoms with van der Waals surface area (Å²) in [6, 6.07) is 0.485. The van der Waals surface area contributed by atoms with Crippen LogP contribution < -0.4 is 10.6 Å². The molecule has 5 nitrogen and oxygen atoms in total. The van der Waals surface area contributed by atoms with Crippen LogP contribution in [-0.4, -0.2) is 49.9 Å². The summed E-state index contributed by atoms with van der Waals surface area (Å²) in [5.74, 6) is 0.928. The van der Waals surface area contributed by atoms with E-state index >= 15 is 0 Å². The third kappa shape index (κ3) is 7.48. The molecule has 2 amide bonds. The fourth-order valence-corrected chi connectivity index (χ4v) is 2.41. The van der Waals surface area contributed by atoms with E-state index in [-0.39, 0.29) is 11.8 Å². The Morgan fingerprint density at radius 3 is 2.40 bits per heavy atom. The number of hydrogen-bond donors (Lipinski definition) is 2. The molecule has 0 aromatic carbocycles. The second-order valence-electron chi connectivity index (χ2n) is 5.97. The molecule has 0 aromatic rings. The number of nitrogens with one attached hydrogen (secondary N) is 2. The van der Waals surface area contributed by atoms with Crippen LogP contribution >= 0.6 is 0 Å². The van der Waals surface area contributed by atoms with Gasteiger partial charge in [-0.3, -0.25) is 9.59 Å². The summed E-state index contributed by atoms with van der Waals surface area (Å²) in [7, 11) is 4.16. The molecule has 5 heteroatoms. The molecular weight excluding hydrogens is 254 g/mol. The molecule has 1 aliphatic rings. The van der Waals surface area contributed by atoms with E-state index in [9.17, 15) is 9.59 Å². The maximum Gasteiger partial charge on any atom is 0.220 e. The number of carbonyl (C=O) groups excluding carboxylic acids is 2. The monoisotopic (exact) mass is 283 g/mol. The Kier molecular flexibility index (Phi) is 7.59. The van der Waals surface area contributed by atoms with Gasteiger partial charge in [0.05, 0.1) is 0 Å². The van der Waals surface area contributed by atoms with Crippen molar-refractivity contribution in [3.8, 4) is 0 Å². The molecule has 0 spiro atoms. The van der Waals surface area contributed by atoms with Gasteiger partial charge in [0.25, 0.3) is 0 Å². The van der Waals surface area contributed by atoms with Crippen LogP contribution in [0.4, 0.5) is 0 Å². The Morgan fingerprint density at radius 2 is 1.85 bits per heavy atom. The summed E-state index contributed by atoms with van der Waals surface area (Å²) in [6.45, 7) is 3.00. The lowest BCUT2D eigenvalue weighted by Gasteiger charge is -2.24. The van der Waals surface area contributed by atoms with Crippen LogP contribution in [0, 0.1) is 5.92 Å². The second-order valence-corrected chi connectivity index (χ2v) is 5.97. The molecule has 20 heavy (non-hydrogen) atoms. The van der Waals surface area contributed by atoms with Crippen LogP contribution in [0.3, 0.4) is 0 Å². The van der Waals surface area contributed by atoms with Gasteiger partial charge in [-0.1, -0.05) is 6.42 Å². The summed E-state index contributed by atoms with van der Waals surface area (Å²) in [5, 5.41) is 5.80. The van der Waals surface area contributed by atoms with E-state index in [4.69, 9.17) is 0 Å². The van der Waals surface area contributed by atoms with Crippen LogP contribution in [0.25, 0.3) is 0 Å². The van der Waals surface area contributed by atoms with Crippen molar-refractivity contribution in [1.29, 1.82) is 0 Å². The summed E-state index contributed by atoms with van der Waals surface area (Å²) < 4.78 is 0. The predicted molar refractivity (Wildman–Crippen MR) is 80.4 cm³/mol. The summed E-state index contributed by atoms with van der Waals surface area (Å²) in [4.78, 5) is 24.6. The Labute approximate surface area is 122 Å². The van der Waals surface area contributed by atoms with Crippen LogP contribution in [0.1, 0.15) is 45.4 Å². The topological polar surface area (TPSA) is 61.4 Å². The Balaban J connectivity index is 2.01. The van der Waals surface area contributed by atoms with Gasteiger partial charge in [0.1, 0.15) is 0 Å². The van der Waals surface area contributed by atoms with E-state index in [2.05, 4.69) is 29.6 Å². The zero-order valence-corrected chi connectivity index (χ0v) is 13.1. The summed E-state index contributed by atoms with van der Waals surface area (Å²) in [5.41, 5.74) is 0. The number of rotatable bonds is 10. The minimum Gasteiger partial charge on any atom is -0.356 e. The number of hydrogen-bond acceptors (Lipinski definition) is 3. The van der Waals surface area contributed by atoms with Gasteiger partial charge in [-0.05, 0) is 45.7 Å². The Morgan fingerprint density at radius 1 is 1.15 bits per heavy atom. The molecule has 0 bridgehead atoms. The van der Waals surface area contributed by atoms with Crippen LogP contribution in [0.5, 0.6) is 0 Å². The van der Waals surface area contributed by atoms with Crippen molar-refractivity contribution < 1.29 is 9.59 Å². The van der Waals surface area contributed by atoms with Gasteiger partial charge in [-0.2, -0.15) is 0 Å². The highest BCUT2D eigenvalue weighted by Gasteiger charge is 2.32. The van der Waals surface area contributed by atoms with Crippen molar-refractivity contribution in [2.75, 3.05) is 27.2 Å². The molecule has 0 heterocycles. The predicted octanol–water partition coefficient (Wildman–Crippen LogP) is 1.14. The maximum absolute atomic E-state index is 11.8. The third-order valence-corrected chi connectivity index (χ3v) is 3.79. The van der Waals surface area contributed by atoms with Crippen molar-refractivity contribution in [2.45, 2.75) is 51.5 Å². The Bertz CT molecular complexity index is 312. The van der Waals surface area contributed by atoms with Crippen LogP contribution in [0.2, 0.25) is 0 Å². The summed E-state index contributed by atoms with van der Waals surface area (Å²) >= 11 is 0. The van der Waals surface area contributed by atoms with Crippen molar-refractivity contribution in [3.05, 3.63) is 0 Å². The number of nitrogens with zero attached hydrogens (tertiary/aromatic N) is 1. The zero-order chi connectivity index (χ0) is 15.0. The molecular formula is C15H29N3O2. The molecule has 1 fully saturated rings. The molecule has 0 aliphatic heterocycles. The van der Waals surface area contributed by atoms with E-state index in [1.807, 2.05) is 0 Å². The van der Waals surface area contributed by atoms with Crippen LogP contribution in [-0.2, 0) is 9.59 Å². The van der Waals surface area contributed by atoms with Gasteiger partial charge in [-0.25, -0.2) is 0 Å². The third-order valence-electron chi connectivity index (χ3n) is 3.79. The molecule has 1 aliphatic carbocycles. The molecule has 0 radical (unpaired) electrons. The second kappa shape index (κ2) is 8.95. The number of amides is 2. The first kappa shape index (κ1) is 17.0. The van der Waals surface area contributed by atoms with E-state index in [1.54, 1.807) is 0 Å². The van der Waals surface area contributed by atoms with Gasteiger partial charge in [0.15, 0.2) is 0 Å². The first-order valence-electron chi connectivity index (χ1n) is 7.68. The normalized spacial score (nSPS) is 16.0. The molecule has 0 aromatic heterocycles. The molecule has 1 unspecified atom stereocenters. The Hall–Kier alpha value is -1.10. The van der Waals surface area contributed by atoms with Gasteiger partial charge < -0.3 is 15.5 Å². The van der Waals surface area contributed by atoms with Crippen molar-refractivity contribution in [3.63, 3.8) is 0 Å². The lowest BCUT2D eigenvalue weighted by Crippen LogP contribution is -2.41. The molecule has 116 valence electrons. The van der Waals surface area contributed by atoms with Gasteiger partial charge in [0.2, 0.25) is 11.8 Å². The molecule has 1 rings (SSSR count). The van der Waals surface area contributed by atoms with Crippen LogP contribution in [0.15, 0.2) is 0 Å². The highest BCUT2D eigenvalue weighted by Crippen LogP contribution is 2.34. The SMILES string of the molecule is CC(=O)NCCCCCC(=O)NCC(C1CC1)N(C)C. The highest BCUT2D eigenvalue weighted by atomic mass is 16.2. The van der Waals surface area contributed by atoms with E-state index in [0.29, 0.717) is 19.0 Å².